The summed E-state index contributed by atoms with van der Waals surface area (Å²) < 4.78 is 19.1. The lowest BCUT2D eigenvalue weighted by Gasteiger charge is -2.20. The van der Waals surface area contributed by atoms with Crippen LogP contribution in [0, 0.1) is 5.82 Å². The van der Waals surface area contributed by atoms with Gasteiger partial charge >= 0.3 is 0 Å². The molecule has 32 heavy (non-hydrogen) atoms. The molecule has 0 spiro atoms. The van der Waals surface area contributed by atoms with Crippen molar-refractivity contribution in [2.45, 2.75) is 19.8 Å². The molecule has 0 unspecified atom stereocenters. The SMILES string of the molecule is CCCc1sc(N(C(=O)c2cccc(F)c2)c2ccc(OC)cc2)nc1-c1ccccc1. The summed E-state index contributed by atoms with van der Waals surface area (Å²) >= 11 is 1.49. The number of carbonyl (C=O) groups excluding carboxylic acids is 1. The topological polar surface area (TPSA) is 42.4 Å². The molecule has 1 aromatic heterocycles. The maximum absolute atomic E-state index is 13.9. The van der Waals surface area contributed by atoms with E-state index in [4.69, 9.17) is 9.72 Å². The Hall–Kier alpha value is -3.51. The Morgan fingerprint density at radius 1 is 1.03 bits per heavy atom. The zero-order valence-corrected chi connectivity index (χ0v) is 18.7. The second kappa shape index (κ2) is 9.75. The number of amides is 1. The third-order valence-electron chi connectivity index (χ3n) is 5.01. The normalized spacial score (nSPS) is 10.7. The first-order chi connectivity index (χ1) is 15.6. The highest BCUT2D eigenvalue weighted by atomic mass is 32.1. The van der Waals surface area contributed by atoms with Crippen LogP contribution in [0.3, 0.4) is 0 Å². The number of anilines is 2. The van der Waals surface area contributed by atoms with Crippen molar-refractivity contribution in [3.05, 3.63) is 95.1 Å². The van der Waals surface area contributed by atoms with E-state index in [-0.39, 0.29) is 11.5 Å². The Bertz CT molecular complexity index is 1210. The molecule has 0 aliphatic rings. The van der Waals surface area contributed by atoms with Crippen LogP contribution in [-0.2, 0) is 6.42 Å². The lowest BCUT2D eigenvalue weighted by molar-refractivity contribution is 0.0999. The zero-order valence-electron chi connectivity index (χ0n) is 17.9. The van der Waals surface area contributed by atoms with Gasteiger partial charge in [-0.15, -0.1) is 11.3 Å². The van der Waals surface area contributed by atoms with Crippen LogP contribution in [0.4, 0.5) is 15.2 Å². The van der Waals surface area contributed by atoms with Gasteiger partial charge < -0.3 is 4.74 Å². The number of benzene rings is 3. The van der Waals surface area contributed by atoms with Gasteiger partial charge in [-0.3, -0.25) is 9.69 Å². The van der Waals surface area contributed by atoms with Gasteiger partial charge in [-0.25, -0.2) is 9.37 Å². The van der Waals surface area contributed by atoms with Crippen molar-refractivity contribution < 1.29 is 13.9 Å². The van der Waals surface area contributed by atoms with E-state index in [1.54, 1.807) is 42.3 Å². The minimum absolute atomic E-state index is 0.259. The average molecular weight is 447 g/mol. The molecule has 4 rings (SSSR count). The molecule has 3 aromatic carbocycles. The molecule has 0 N–H and O–H groups in total. The van der Waals surface area contributed by atoms with Crippen molar-refractivity contribution in [1.82, 2.24) is 4.98 Å². The van der Waals surface area contributed by atoms with Crippen molar-refractivity contribution in [3.8, 4) is 17.0 Å². The van der Waals surface area contributed by atoms with Crippen molar-refractivity contribution in [1.29, 1.82) is 0 Å². The Morgan fingerprint density at radius 3 is 2.44 bits per heavy atom. The van der Waals surface area contributed by atoms with Crippen LogP contribution in [0.25, 0.3) is 11.3 Å². The number of carbonyl (C=O) groups is 1. The van der Waals surface area contributed by atoms with E-state index in [2.05, 4.69) is 6.92 Å². The number of thiazole rings is 1. The third kappa shape index (κ3) is 4.55. The molecule has 0 aliphatic carbocycles. The molecule has 0 fully saturated rings. The van der Waals surface area contributed by atoms with Crippen LogP contribution in [0.15, 0.2) is 78.9 Å². The molecule has 4 aromatic rings. The first kappa shape index (κ1) is 21.7. The number of hydrogen-bond donors (Lipinski definition) is 0. The predicted molar refractivity (Wildman–Crippen MR) is 127 cm³/mol. The van der Waals surface area contributed by atoms with E-state index < -0.39 is 5.82 Å². The van der Waals surface area contributed by atoms with Gasteiger partial charge in [-0.05, 0) is 48.9 Å². The van der Waals surface area contributed by atoms with Gasteiger partial charge in [0.05, 0.1) is 18.5 Å². The Kier molecular flexibility index (Phi) is 6.61. The molecule has 1 heterocycles. The van der Waals surface area contributed by atoms with E-state index in [1.807, 2.05) is 30.3 Å². The smallest absolute Gasteiger partial charge is 0.264 e. The molecule has 0 saturated carbocycles. The van der Waals surface area contributed by atoms with Gasteiger partial charge in [0.1, 0.15) is 11.6 Å². The summed E-state index contributed by atoms with van der Waals surface area (Å²) in [6, 6.07) is 22.9. The van der Waals surface area contributed by atoms with Crippen LogP contribution in [0.1, 0.15) is 28.6 Å². The quantitative estimate of drug-likeness (QED) is 0.310. The summed E-state index contributed by atoms with van der Waals surface area (Å²) in [7, 11) is 1.59. The van der Waals surface area contributed by atoms with Crippen LogP contribution in [0.2, 0.25) is 0 Å². The maximum Gasteiger partial charge on any atom is 0.264 e. The average Bonchev–Trinajstić information content (AvgIpc) is 3.24. The monoisotopic (exact) mass is 446 g/mol. The fourth-order valence-electron chi connectivity index (χ4n) is 3.45. The van der Waals surface area contributed by atoms with Crippen LogP contribution < -0.4 is 9.64 Å². The first-order valence-electron chi connectivity index (χ1n) is 10.4. The molecule has 1 amide bonds. The molecule has 0 saturated heterocycles. The predicted octanol–water partition coefficient (Wildman–Crippen LogP) is 6.89. The molecular formula is C26H23FN2O2S. The summed E-state index contributed by atoms with van der Waals surface area (Å²) in [5.41, 5.74) is 2.77. The molecule has 0 bridgehead atoms. The largest absolute Gasteiger partial charge is 0.497 e. The molecule has 0 atom stereocenters. The molecule has 162 valence electrons. The van der Waals surface area contributed by atoms with Crippen molar-refractivity contribution in [3.63, 3.8) is 0 Å². The van der Waals surface area contributed by atoms with E-state index in [9.17, 15) is 9.18 Å². The van der Waals surface area contributed by atoms with Gasteiger partial charge in [-0.1, -0.05) is 49.7 Å². The Labute approximate surface area is 190 Å². The van der Waals surface area contributed by atoms with E-state index >= 15 is 0 Å². The summed E-state index contributed by atoms with van der Waals surface area (Å²) in [6.45, 7) is 2.12. The van der Waals surface area contributed by atoms with Crippen molar-refractivity contribution in [2.75, 3.05) is 12.0 Å². The lowest BCUT2D eigenvalue weighted by atomic mass is 10.1. The minimum Gasteiger partial charge on any atom is -0.497 e. The van der Waals surface area contributed by atoms with Crippen LogP contribution in [0.5, 0.6) is 5.75 Å². The van der Waals surface area contributed by atoms with Gasteiger partial charge in [0.15, 0.2) is 5.13 Å². The van der Waals surface area contributed by atoms with E-state index in [1.165, 1.54) is 29.5 Å². The molecule has 4 nitrogen and oxygen atoms in total. The lowest BCUT2D eigenvalue weighted by Crippen LogP contribution is -2.26. The molecule has 0 radical (unpaired) electrons. The van der Waals surface area contributed by atoms with Crippen LogP contribution in [-0.4, -0.2) is 18.0 Å². The first-order valence-corrected chi connectivity index (χ1v) is 11.2. The zero-order chi connectivity index (χ0) is 22.5. The summed E-state index contributed by atoms with van der Waals surface area (Å²) in [5.74, 6) is -0.116. The number of rotatable bonds is 7. The fraction of sp³-hybridized carbons (Fsp3) is 0.154. The number of nitrogens with zero attached hydrogens (tertiary/aromatic N) is 2. The molecule has 0 aliphatic heterocycles. The van der Waals surface area contributed by atoms with Gasteiger partial charge in [0.25, 0.3) is 5.91 Å². The Morgan fingerprint density at radius 2 is 1.78 bits per heavy atom. The van der Waals surface area contributed by atoms with Crippen molar-refractivity contribution in [2.24, 2.45) is 0 Å². The standard InChI is InChI=1S/C26H23FN2O2S/c1-3-8-23-24(18-9-5-4-6-10-18)28-26(32-23)29(21-13-15-22(31-2)16-14-21)25(30)19-11-7-12-20(27)17-19/h4-7,9-17H,3,8H2,1-2H3. The number of halogens is 1. The van der Waals surface area contributed by atoms with Crippen LogP contribution >= 0.6 is 11.3 Å². The highest BCUT2D eigenvalue weighted by molar-refractivity contribution is 7.16. The number of aromatic nitrogens is 1. The number of aryl methyl sites for hydroxylation is 1. The minimum atomic E-state index is -0.457. The van der Waals surface area contributed by atoms with Gasteiger partial charge in [0, 0.05) is 16.0 Å². The highest BCUT2D eigenvalue weighted by Crippen LogP contribution is 2.38. The summed E-state index contributed by atoms with van der Waals surface area (Å²) in [6.07, 6.45) is 1.81. The highest BCUT2D eigenvalue weighted by Gasteiger charge is 2.25. The number of ether oxygens (including phenoxy) is 1. The third-order valence-corrected chi connectivity index (χ3v) is 6.11. The molecular weight excluding hydrogens is 423 g/mol. The summed E-state index contributed by atoms with van der Waals surface area (Å²) in [4.78, 5) is 21.1. The summed E-state index contributed by atoms with van der Waals surface area (Å²) in [5, 5.41) is 0.548. The maximum atomic E-state index is 13.9. The number of hydrogen-bond acceptors (Lipinski definition) is 4. The van der Waals surface area contributed by atoms with Crippen molar-refractivity contribution >= 4 is 28.1 Å². The van der Waals surface area contributed by atoms with E-state index in [0.29, 0.717) is 16.6 Å². The number of methoxy groups -OCH3 is 1. The second-order valence-electron chi connectivity index (χ2n) is 7.23. The fourth-order valence-corrected chi connectivity index (χ4v) is 4.65. The second-order valence-corrected chi connectivity index (χ2v) is 8.30. The van der Waals surface area contributed by atoms with Gasteiger partial charge in [0.2, 0.25) is 0 Å². The molecule has 6 heteroatoms. The Balaban J connectivity index is 1.85. The van der Waals surface area contributed by atoms with Gasteiger partial charge in [-0.2, -0.15) is 0 Å². The van der Waals surface area contributed by atoms with E-state index in [0.717, 1.165) is 29.0 Å².